The van der Waals surface area contributed by atoms with Crippen LogP contribution >= 0.6 is 0 Å². The van der Waals surface area contributed by atoms with E-state index in [1.54, 1.807) is 6.21 Å². The molecule has 0 fully saturated rings. The largest absolute Gasteiger partial charge is 0.390 e. The fraction of sp³-hybridized carbons (Fsp3) is 0.150. The van der Waals surface area contributed by atoms with Gasteiger partial charge >= 0.3 is 0 Å². The Morgan fingerprint density at radius 3 is 2.17 bits per heavy atom. The van der Waals surface area contributed by atoms with E-state index in [-0.39, 0.29) is 6.61 Å². The standard InChI is InChI=1S/C20H20N2O/c23-16-20-19(14-17-8-3-1-4-9-17)21-12-7-13-22(20)15-18-10-5-2-6-11-18/h1-13,23H,14-16H2. The third kappa shape index (κ3) is 3.96. The number of nitrogens with zero attached hydrogens (tertiary/aromatic N) is 2. The number of hydrogen-bond acceptors (Lipinski definition) is 3. The highest BCUT2D eigenvalue weighted by Crippen LogP contribution is 2.21. The molecule has 0 aromatic heterocycles. The molecule has 3 rings (SSSR count). The zero-order valence-electron chi connectivity index (χ0n) is 13.0. The van der Waals surface area contributed by atoms with Gasteiger partial charge in [0.1, 0.15) is 0 Å². The van der Waals surface area contributed by atoms with E-state index in [9.17, 15) is 5.11 Å². The molecule has 0 unspecified atom stereocenters. The van der Waals surface area contributed by atoms with Crippen LogP contribution in [0.2, 0.25) is 0 Å². The van der Waals surface area contributed by atoms with Crippen LogP contribution in [-0.2, 0) is 13.0 Å². The number of aliphatic hydroxyl groups is 1. The van der Waals surface area contributed by atoms with Gasteiger partial charge in [-0.1, -0.05) is 60.7 Å². The zero-order chi connectivity index (χ0) is 15.9. The Morgan fingerprint density at radius 2 is 1.52 bits per heavy atom. The maximum Gasteiger partial charge on any atom is 0.0851 e. The maximum absolute atomic E-state index is 9.91. The lowest BCUT2D eigenvalue weighted by atomic mass is 10.1. The lowest BCUT2D eigenvalue weighted by molar-refractivity contribution is 0.280. The van der Waals surface area contributed by atoms with Gasteiger partial charge in [0.25, 0.3) is 0 Å². The van der Waals surface area contributed by atoms with Crippen LogP contribution in [0.1, 0.15) is 11.1 Å². The number of aliphatic imine (C=N–C) groups is 1. The Labute approximate surface area is 136 Å². The normalized spacial score (nSPS) is 14.2. The van der Waals surface area contributed by atoms with Crippen LogP contribution in [0, 0.1) is 0 Å². The van der Waals surface area contributed by atoms with Crippen molar-refractivity contribution in [3.05, 3.63) is 95.5 Å². The zero-order valence-corrected chi connectivity index (χ0v) is 13.0. The Hall–Kier alpha value is -2.65. The lowest BCUT2D eigenvalue weighted by Crippen LogP contribution is -2.20. The molecule has 0 radical (unpaired) electrons. The predicted molar refractivity (Wildman–Crippen MR) is 93.9 cm³/mol. The highest BCUT2D eigenvalue weighted by Gasteiger charge is 2.14. The molecule has 0 aliphatic carbocycles. The summed E-state index contributed by atoms with van der Waals surface area (Å²) in [5.41, 5.74) is 4.14. The first-order chi connectivity index (χ1) is 11.4. The first-order valence-electron chi connectivity index (χ1n) is 7.75. The number of rotatable bonds is 5. The van der Waals surface area contributed by atoms with Crippen LogP contribution in [-0.4, -0.2) is 22.8 Å². The van der Waals surface area contributed by atoms with E-state index < -0.39 is 0 Å². The first-order valence-corrected chi connectivity index (χ1v) is 7.75. The Balaban J connectivity index is 1.88. The minimum absolute atomic E-state index is 0.0311. The van der Waals surface area contributed by atoms with Crippen LogP contribution in [0.25, 0.3) is 0 Å². The molecule has 1 aliphatic rings. The molecule has 0 amide bonds. The van der Waals surface area contributed by atoms with E-state index in [1.165, 1.54) is 11.1 Å². The van der Waals surface area contributed by atoms with Crippen LogP contribution in [0.4, 0.5) is 0 Å². The SMILES string of the molecule is OCC1=C(Cc2ccccc2)N=CC=CN1Cc1ccccc1. The fourth-order valence-corrected chi connectivity index (χ4v) is 2.65. The van der Waals surface area contributed by atoms with Gasteiger partial charge in [0.2, 0.25) is 0 Å². The monoisotopic (exact) mass is 304 g/mol. The molecule has 23 heavy (non-hydrogen) atoms. The molecular formula is C20H20N2O. The summed E-state index contributed by atoms with van der Waals surface area (Å²) in [5, 5.41) is 9.91. The molecule has 3 nitrogen and oxygen atoms in total. The molecule has 0 saturated carbocycles. The van der Waals surface area contributed by atoms with Crippen molar-refractivity contribution in [2.45, 2.75) is 13.0 Å². The Bertz CT molecular complexity index is 718. The van der Waals surface area contributed by atoms with Crippen LogP contribution in [0.5, 0.6) is 0 Å². The fourth-order valence-electron chi connectivity index (χ4n) is 2.65. The van der Waals surface area contributed by atoms with Gasteiger partial charge in [-0.15, -0.1) is 0 Å². The van der Waals surface area contributed by atoms with Crippen LogP contribution in [0.3, 0.4) is 0 Å². The van der Waals surface area contributed by atoms with Gasteiger partial charge in [-0.3, -0.25) is 4.99 Å². The first kappa shape index (κ1) is 15.3. The predicted octanol–water partition coefficient (Wildman–Crippen LogP) is 3.53. The molecule has 0 spiro atoms. The van der Waals surface area contributed by atoms with Crippen molar-refractivity contribution >= 4 is 6.21 Å². The van der Waals surface area contributed by atoms with E-state index >= 15 is 0 Å². The molecule has 116 valence electrons. The molecule has 2 aromatic carbocycles. The quantitative estimate of drug-likeness (QED) is 0.917. The minimum Gasteiger partial charge on any atom is -0.390 e. The van der Waals surface area contributed by atoms with E-state index in [2.05, 4.69) is 34.2 Å². The van der Waals surface area contributed by atoms with Crippen molar-refractivity contribution in [2.24, 2.45) is 4.99 Å². The topological polar surface area (TPSA) is 35.8 Å². The molecule has 3 heteroatoms. The van der Waals surface area contributed by atoms with Crippen molar-refractivity contribution < 1.29 is 5.11 Å². The second-order valence-electron chi connectivity index (χ2n) is 5.45. The molecule has 0 bridgehead atoms. The van der Waals surface area contributed by atoms with E-state index in [4.69, 9.17) is 0 Å². The third-order valence-electron chi connectivity index (χ3n) is 3.82. The molecule has 1 N–H and O–H groups in total. The summed E-state index contributed by atoms with van der Waals surface area (Å²) in [5.74, 6) is 0. The maximum atomic E-state index is 9.91. The van der Waals surface area contributed by atoms with Gasteiger partial charge in [0, 0.05) is 25.4 Å². The molecular weight excluding hydrogens is 284 g/mol. The summed E-state index contributed by atoms with van der Waals surface area (Å²) >= 11 is 0. The van der Waals surface area contributed by atoms with Gasteiger partial charge in [-0.25, -0.2) is 0 Å². The molecule has 2 aromatic rings. The average molecular weight is 304 g/mol. The summed E-state index contributed by atoms with van der Waals surface area (Å²) in [6.45, 7) is 0.686. The van der Waals surface area contributed by atoms with Crippen molar-refractivity contribution in [1.29, 1.82) is 0 Å². The molecule has 0 atom stereocenters. The van der Waals surface area contributed by atoms with Crippen molar-refractivity contribution in [3.63, 3.8) is 0 Å². The number of aliphatic hydroxyl groups excluding tert-OH is 1. The van der Waals surface area contributed by atoms with Crippen LogP contribution in [0.15, 0.2) is 89.3 Å². The van der Waals surface area contributed by atoms with Crippen molar-refractivity contribution in [3.8, 4) is 0 Å². The highest BCUT2D eigenvalue weighted by atomic mass is 16.3. The summed E-state index contributed by atoms with van der Waals surface area (Å²) in [6, 6.07) is 20.5. The van der Waals surface area contributed by atoms with Gasteiger partial charge in [-0.2, -0.15) is 0 Å². The van der Waals surface area contributed by atoms with Crippen molar-refractivity contribution in [1.82, 2.24) is 4.90 Å². The Kier molecular flexibility index (Phi) is 5.02. The number of hydrogen-bond donors (Lipinski definition) is 1. The lowest BCUT2D eigenvalue weighted by Gasteiger charge is -2.23. The van der Waals surface area contributed by atoms with E-state index in [0.717, 1.165) is 17.9 Å². The summed E-state index contributed by atoms with van der Waals surface area (Å²) in [4.78, 5) is 6.60. The van der Waals surface area contributed by atoms with Crippen molar-refractivity contribution in [2.75, 3.05) is 6.61 Å². The average Bonchev–Trinajstić information content (AvgIpc) is 2.78. The summed E-state index contributed by atoms with van der Waals surface area (Å²) in [6.07, 6.45) is 6.38. The smallest absolute Gasteiger partial charge is 0.0851 e. The number of benzene rings is 2. The van der Waals surface area contributed by atoms with E-state index in [0.29, 0.717) is 6.42 Å². The second kappa shape index (κ2) is 7.56. The van der Waals surface area contributed by atoms with Gasteiger partial charge in [0.05, 0.1) is 18.0 Å². The Morgan fingerprint density at radius 1 is 0.870 bits per heavy atom. The highest BCUT2D eigenvalue weighted by molar-refractivity contribution is 5.73. The molecule has 0 saturated heterocycles. The number of allylic oxidation sites excluding steroid dienone is 2. The summed E-state index contributed by atoms with van der Waals surface area (Å²) in [7, 11) is 0. The second-order valence-corrected chi connectivity index (χ2v) is 5.45. The van der Waals surface area contributed by atoms with Gasteiger partial charge in [0.15, 0.2) is 0 Å². The van der Waals surface area contributed by atoms with Gasteiger partial charge < -0.3 is 10.0 Å². The minimum atomic E-state index is -0.0311. The van der Waals surface area contributed by atoms with Crippen LogP contribution < -0.4 is 0 Å². The summed E-state index contributed by atoms with van der Waals surface area (Å²) < 4.78 is 0. The molecule has 1 heterocycles. The van der Waals surface area contributed by atoms with Gasteiger partial charge in [-0.05, 0) is 17.2 Å². The molecule has 1 aliphatic heterocycles. The third-order valence-corrected chi connectivity index (χ3v) is 3.82. The van der Waals surface area contributed by atoms with E-state index in [1.807, 2.05) is 48.7 Å².